The van der Waals surface area contributed by atoms with Crippen LogP contribution in [0.5, 0.6) is 5.75 Å². The second kappa shape index (κ2) is 11.9. The van der Waals surface area contributed by atoms with Gasteiger partial charge < -0.3 is 25.4 Å². The number of amides is 3. The molecule has 37 heavy (non-hydrogen) atoms. The van der Waals surface area contributed by atoms with Crippen LogP contribution in [-0.2, 0) is 21.2 Å². The number of carbonyl (C=O) groups is 2. The van der Waals surface area contributed by atoms with Crippen LogP contribution in [0.1, 0.15) is 19.4 Å². The van der Waals surface area contributed by atoms with Crippen molar-refractivity contribution in [1.82, 2.24) is 9.21 Å². The van der Waals surface area contributed by atoms with Gasteiger partial charge in [-0.25, -0.2) is 21.9 Å². The number of sulfonamides is 1. The molecule has 0 spiro atoms. The molecule has 1 heterocycles. The van der Waals surface area contributed by atoms with Crippen LogP contribution in [0.4, 0.5) is 20.6 Å². The molecule has 202 valence electrons. The fourth-order valence-corrected chi connectivity index (χ4v) is 4.36. The van der Waals surface area contributed by atoms with Crippen molar-refractivity contribution in [2.45, 2.75) is 32.4 Å². The Morgan fingerprint density at radius 2 is 1.84 bits per heavy atom. The maximum absolute atomic E-state index is 13.2. The summed E-state index contributed by atoms with van der Waals surface area (Å²) in [5.41, 5.74) is 1.30. The van der Waals surface area contributed by atoms with Crippen molar-refractivity contribution in [2.24, 2.45) is 5.92 Å². The number of likely N-dealkylation sites (N-methyl/N-ethyl adjacent to an activating group) is 1. The second-order valence-corrected chi connectivity index (χ2v) is 11.4. The van der Waals surface area contributed by atoms with E-state index in [1.165, 1.54) is 35.6 Å². The summed E-state index contributed by atoms with van der Waals surface area (Å²) in [7, 11) is -2.01. The average Bonchev–Trinajstić information content (AvgIpc) is 2.87. The third-order valence-electron chi connectivity index (χ3n) is 6.28. The van der Waals surface area contributed by atoms with E-state index in [4.69, 9.17) is 4.74 Å². The molecule has 1 aliphatic rings. The van der Waals surface area contributed by atoms with E-state index in [1.54, 1.807) is 30.0 Å². The van der Waals surface area contributed by atoms with E-state index in [-0.39, 0.29) is 37.9 Å². The number of fused-ring (bicyclic) bond motifs is 1. The highest BCUT2D eigenvalue weighted by molar-refractivity contribution is 7.88. The van der Waals surface area contributed by atoms with Gasteiger partial charge in [0.2, 0.25) is 15.9 Å². The Balaban J connectivity index is 1.89. The van der Waals surface area contributed by atoms with Crippen molar-refractivity contribution < 1.29 is 32.2 Å². The number of carbonyl (C=O) groups excluding carboxylic acids is 2. The zero-order valence-electron chi connectivity index (χ0n) is 21.3. The third-order valence-corrected chi connectivity index (χ3v) is 7.56. The lowest BCUT2D eigenvalue weighted by Gasteiger charge is -2.33. The maximum Gasteiger partial charge on any atom is 0.323 e. The number of halogens is 1. The SMILES string of the molecule is C[C@H](CO)N1C[C@H](C)[C@H](CN(C)S(C)(=O)=O)Oc2ccc(NC(=O)Nc3ccc(F)cc3)cc2CC1=O. The zero-order valence-corrected chi connectivity index (χ0v) is 22.1. The van der Waals surface area contributed by atoms with Crippen LogP contribution >= 0.6 is 0 Å². The summed E-state index contributed by atoms with van der Waals surface area (Å²) < 4.78 is 44.7. The van der Waals surface area contributed by atoms with Crippen molar-refractivity contribution in [3.05, 3.63) is 53.8 Å². The molecule has 0 unspecified atom stereocenters. The third kappa shape index (κ3) is 7.63. The molecule has 10 nitrogen and oxygen atoms in total. The number of hydrogen-bond acceptors (Lipinski definition) is 6. The van der Waals surface area contributed by atoms with Crippen LogP contribution < -0.4 is 15.4 Å². The van der Waals surface area contributed by atoms with Gasteiger partial charge >= 0.3 is 6.03 Å². The molecule has 3 N–H and O–H groups in total. The molecule has 0 radical (unpaired) electrons. The average molecular weight is 537 g/mol. The van der Waals surface area contributed by atoms with Crippen LogP contribution in [0.25, 0.3) is 0 Å². The Morgan fingerprint density at radius 3 is 2.46 bits per heavy atom. The summed E-state index contributed by atoms with van der Waals surface area (Å²) >= 11 is 0. The Labute approximate surface area is 216 Å². The van der Waals surface area contributed by atoms with E-state index in [9.17, 15) is 27.5 Å². The topological polar surface area (TPSA) is 128 Å². The lowest BCUT2D eigenvalue weighted by Crippen LogP contribution is -2.48. The minimum absolute atomic E-state index is 0.0455. The van der Waals surface area contributed by atoms with Crippen LogP contribution in [0.15, 0.2) is 42.5 Å². The molecule has 1 aliphatic heterocycles. The molecule has 0 fully saturated rings. The normalized spacial score (nSPS) is 19.2. The number of ether oxygens (including phenoxy) is 1. The molecule has 0 bridgehead atoms. The number of rotatable bonds is 7. The Bertz CT molecular complexity index is 1220. The molecule has 3 rings (SSSR count). The monoisotopic (exact) mass is 536 g/mol. The van der Waals surface area contributed by atoms with Gasteiger partial charge in [-0.15, -0.1) is 0 Å². The standard InChI is InChI=1S/C25H33FN4O6S/c1-16-13-30(17(2)15-31)24(32)12-18-11-21(28-25(33)27-20-7-5-19(26)6-8-20)9-10-22(18)36-23(16)14-29(3)37(4,34)35/h5-11,16-17,23,31H,12-15H2,1-4H3,(H2,27,28,33)/t16-,17+,23-/m0/s1. The first kappa shape index (κ1) is 28.4. The lowest BCUT2D eigenvalue weighted by atomic mass is 10.0. The predicted octanol–water partition coefficient (Wildman–Crippen LogP) is 2.51. The van der Waals surface area contributed by atoms with Gasteiger partial charge in [-0.3, -0.25) is 4.79 Å². The Kier molecular flexibility index (Phi) is 9.11. The fraction of sp³-hybridized carbons (Fsp3) is 0.440. The number of aliphatic hydroxyl groups is 1. The van der Waals surface area contributed by atoms with Crippen LogP contribution in [-0.4, -0.2) is 79.8 Å². The van der Waals surface area contributed by atoms with Crippen molar-refractivity contribution >= 4 is 33.3 Å². The highest BCUT2D eigenvalue weighted by Crippen LogP contribution is 2.29. The Hall–Kier alpha value is -3.22. The first-order valence-corrected chi connectivity index (χ1v) is 13.7. The van der Waals surface area contributed by atoms with Crippen LogP contribution in [0, 0.1) is 11.7 Å². The molecular formula is C25H33FN4O6S. The quantitative estimate of drug-likeness (QED) is 0.499. The molecule has 12 heteroatoms. The minimum Gasteiger partial charge on any atom is -0.488 e. The van der Waals surface area contributed by atoms with Gasteiger partial charge in [-0.05, 0) is 49.4 Å². The van der Waals surface area contributed by atoms with E-state index in [0.717, 1.165) is 6.26 Å². The van der Waals surface area contributed by atoms with Gasteiger partial charge in [-0.2, -0.15) is 0 Å². The number of anilines is 2. The second-order valence-electron chi connectivity index (χ2n) is 9.34. The van der Waals surface area contributed by atoms with E-state index in [1.807, 2.05) is 6.92 Å². The van der Waals surface area contributed by atoms with E-state index < -0.39 is 34.0 Å². The first-order valence-electron chi connectivity index (χ1n) is 11.8. The van der Waals surface area contributed by atoms with Gasteiger partial charge in [-0.1, -0.05) is 6.92 Å². The van der Waals surface area contributed by atoms with Gasteiger partial charge in [0.15, 0.2) is 0 Å². The Morgan fingerprint density at radius 1 is 1.22 bits per heavy atom. The number of nitrogens with one attached hydrogen (secondary N) is 2. The molecule has 2 aromatic rings. The molecule has 0 aliphatic carbocycles. The van der Waals surface area contributed by atoms with Gasteiger partial charge in [0.1, 0.15) is 17.7 Å². The summed E-state index contributed by atoms with van der Waals surface area (Å²) in [6.45, 7) is 3.70. The summed E-state index contributed by atoms with van der Waals surface area (Å²) in [5, 5.41) is 15.0. The summed E-state index contributed by atoms with van der Waals surface area (Å²) in [4.78, 5) is 27.3. The zero-order chi connectivity index (χ0) is 27.3. The predicted molar refractivity (Wildman–Crippen MR) is 139 cm³/mol. The van der Waals surface area contributed by atoms with Gasteiger partial charge in [0.25, 0.3) is 0 Å². The van der Waals surface area contributed by atoms with Crippen molar-refractivity contribution in [3.63, 3.8) is 0 Å². The minimum atomic E-state index is -3.47. The van der Waals surface area contributed by atoms with Gasteiger partial charge in [0, 0.05) is 36.4 Å². The van der Waals surface area contributed by atoms with Crippen molar-refractivity contribution in [2.75, 3.05) is 43.6 Å². The fourth-order valence-electron chi connectivity index (χ4n) is 3.94. The van der Waals surface area contributed by atoms with Crippen molar-refractivity contribution in [3.8, 4) is 5.75 Å². The highest BCUT2D eigenvalue weighted by Gasteiger charge is 2.32. The van der Waals surface area contributed by atoms with E-state index in [0.29, 0.717) is 22.7 Å². The van der Waals surface area contributed by atoms with Crippen LogP contribution in [0.2, 0.25) is 0 Å². The van der Waals surface area contributed by atoms with Gasteiger partial charge in [0.05, 0.1) is 31.9 Å². The summed E-state index contributed by atoms with van der Waals surface area (Å²) in [6.07, 6.45) is 0.480. The summed E-state index contributed by atoms with van der Waals surface area (Å²) in [6, 6.07) is 9.16. The van der Waals surface area contributed by atoms with E-state index >= 15 is 0 Å². The highest BCUT2D eigenvalue weighted by atomic mass is 32.2. The number of aliphatic hydroxyl groups excluding tert-OH is 1. The first-order chi connectivity index (χ1) is 17.4. The number of urea groups is 1. The number of benzene rings is 2. The van der Waals surface area contributed by atoms with E-state index in [2.05, 4.69) is 10.6 Å². The maximum atomic E-state index is 13.2. The largest absolute Gasteiger partial charge is 0.488 e. The molecule has 0 saturated heterocycles. The summed E-state index contributed by atoms with van der Waals surface area (Å²) in [5.74, 6) is -0.515. The number of hydrogen-bond donors (Lipinski definition) is 3. The van der Waals surface area contributed by atoms with Crippen molar-refractivity contribution in [1.29, 1.82) is 0 Å². The molecule has 0 saturated carbocycles. The molecular weight excluding hydrogens is 503 g/mol. The molecule has 0 aromatic heterocycles. The molecule has 3 amide bonds. The smallest absolute Gasteiger partial charge is 0.323 e. The molecule has 3 atom stereocenters. The molecule has 2 aromatic carbocycles. The number of nitrogens with zero attached hydrogens (tertiary/aromatic N) is 2. The van der Waals surface area contributed by atoms with Crippen LogP contribution in [0.3, 0.4) is 0 Å². The lowest BCUT2D eigenvalue weighted by molar-refractivity contribution is -0.134.